The number of nitrogens with one attached hydrogen (secondary N) is 1. The predicted octanol–water partition coefficient (Wildman–Crippen LogP) is 2.26. The first kappa shape index (κ1) is 9.56. The smallest absolute Gasteiger partial charge is 0.0412 e. The highest BCUT2D eigenvalue weighted by Gasteiger charge is 2.29. The van der Waals surface area contributed by atoms with Gasteiger partial charge < -0.3 is 5.43 Å². The van der Waals surface area contributed by atoms with E-state index in [1.807, 2.05) is 0 Å². The van der Waals surface area contributed by atoms with Crippen LogP contribution in [0.15, 0.2) is 5.10 Å². The van der Waals surface area contributed by atoms with Crippen LogP contribution < -0.4 is 5.43 Å². The third-order valence-corrected chi connectivity index (χ3v) is 2.63. The number of hydrazone groups is 1. The molecule has 1 N–H and O–H groups in total. The van der Waals surface area contributed by atoms with Gasteiger partial charge in [0.2, 0.25) is 0 Å². The Morgan fingerprint density at radius 1 is 1.50 bits per heavy atom. The third kappa shape index (κ3) is 2.23. The van der Waals surface area contributed by atoms with E-state index in [0.717, 1.165) is 12.5 Å². The molecule has 2 atom stereocenters. The lowest BCUT2D eigenvalue weighted by Gasteiger charge is -2.32. The van der Waals surface area contributed by atoms with Crippen molar-refractivity contribution in [3.8, 4) is 0 Å². The van der Waals surface area contributed by atoms with Crippen molar-refractivity contribution in [3.63, 3.8) is 0 Å². The van der Waals surface area contributed by atoms with Crippen LogP contribution in [0.4, 0.5) is 0 Å². The van der Waals surface area contributed by atoms with Crippen LogP contribution in [0.3, 0.4) is 0 Å². The van der Waals surface area contributed by atoms with E-state index in [9.17, 15) is 0 Å². The Bertz CT molecular complexity index is 173. The van der Waals surface area contributed by atoms with Crippen molar-refractivity contribution in [3.05, 3.63) is 0 Å². The standard InChI is InChI=1S/C10H20N2/c1-7(2)6-11-12-10-5-8(3)9(10)4/h7-9,11H,5-6H2,1-4H3/b12-10-. The van der Waals surface area contributed by atoms with Crippen molar-refractivity contribution < 1.29 is 0 Å². The lowest BCUT2D eigenvalue weighted by Crippen LogP contribution is -2.34. The Kier molecular flexibility index (Phi) is 3.12. The number of hydrogen-bond donors (Lipinski definition) is 1. The van der Waals surface area contributed by atoms with E-state index in [1.54, 1.807) is 0 Å². The van der Waals surface area contributed by atoms with Gasteiger partial charge in [-0.15, -0.1) is 0 Å². The molecule has 0 heterocycles. The second-order valence-corrected chi connectivity index (χ2v) is 4.33. The summed E-state index contributed by atoms with van der Waals surface area (Å²) in [7, 11) is 0. The molecule has 12 heavy (non-hydrogen) atoms. The van der Waals surface area contributed by atoms with Gasteiger partial charge in [-0.05, 0) is 24.2 Å². The maximum atomic E-state index is 4.37. The predicted molar refractivity (Wildman–Crippen MR) is 53.2 cm³/mol. The molecule has 2 unspecified atom stereocenters. The van der Waals surface area contributed by atoms with Crippen LogP contribution in [0, 0.1) is 17.8 Å². The van der Waals surface area contributed by atoms with Gasteiger partial charge in [-0.25, -0.2) is 0 Å². The molecule has 1 saturated carbocycles. The van der Waals surface area contributed by atoms with Crippen LogP contribution in [0.2, 0.25) is 0 Å². The van der Waals surface area contributed by atoms with Gasteiger partial charge in [0, 0.05) is 12.3 Å². The van der Waals surface area contributed by atoms with E-state index < -0.39 is 0 Å². The molecule has 0 aromatic rings. The topological polar surface area (TPSA) is 24.4 Å². The molecular weight excluding hydrogens is 148 g/mol. The highest BCUT2D eigenvalue weighted by atomic mass is 15.3. The van der Waals surface area contributed by atoms with Crippen molar-refractivity contribution in [2.24, 2.45) is 22.9 Å². The summed E-state index contributed by atoms with van der Waals surface area (Å²) in [5.41, 5.74) is 4.48. The average molecular weight is 168 g/mol. The quantitative estimate of drug-likeness (QED) is 0.642. The molecule has 70 valence electrons. The summed E-state index contributed by atoms with van der Waals surface area (Å²) in [5, 5.41) is 4.37. The molecule has 1 aliphatic rings. The Morgan fingerprint density at radius 2 is 2.17 bits per heavy atom. The number of hydrogen-bond acceptors (Lipinski definition) is 2. The fraction of sp³-hybridized carbons (Fsp3) is 0.900. The number of rotatable bonds is 3. The normalized spacial score (nSPS) is 32.2. The molecule has 0 aromatic heterocycles. The second kappa shape index (κ2) is 3.92. The Balaban J connectivity index is 2.21. The lowest BCUT2D eigenvalue weighted by molar-refractivity contribution is 0.411. The van der Waals surface area contributed by atoms with E-state index in [4.69, 9.17) is 0 Å². The molecule has 0 bridgehead atoms. The zero-order valence-electron chi connectivity index (χ0n) is 8.59. The Labute approximate surface area is 75.4 Å². The summed E-state index contributed by atoms with van der Waals surface area (Å²) in [6.07, 6.45) is 1.19. The lowest BCUT2D eigenvalue weighted by atomic mass is 9.74. The molecular formula is C10H20N2. The first-order valence-electron chi connectivity index (χ1n) is 4.90. The average Bonchev–Trinajstić information content (AvgIpc) is 2.02. The van der Waals surface area contributed by atoms with Gasteiger partial charge in [-0.1, -0.05) is 27.7 Å². The van der Waals surface area contributed by atoms with Gasteiger partial charge in [0.25, 0.3) is 0 Å². The van der Waals surface area contributed by atoms with Crippen LogP contribution in [-0.4, -0.2) is 12.3 Å². The zero-order valence-corrected chi connectivity index (χ0v) is 8.59. The van der Waals surface area contributed by atoms with Gasteiger partial charge in [0.05, 0.1) is 0 Å². The Hall–Kier alpha value is -0.530. The van der Waals surface area contributed by atoms with Gasteiger partial charge in [0.15, 0.2) is 0 Å². The van der Waals surface area contributed by atoms with Crippen molar-refractivity contribution in [1.82, 2.24) is 5.43 Å². The van der Waals surface area contributed by atoms with Crippen molar-refractivity contribution >= 4 is 5.71 Å². The van der Waals surface area contributed by atoms with Gasteiger partial charge in [0.1, 0.15) is 0 Å². The summed E-state index contributed by atoms with van der Waals surface area (Å²) in [5.74, 6) is 2.22. The molecule has 0 saturated heterocycles. The molecule has 2 heteroatoms. The fourth-order valence-electron chi connectivity index (χ4n) is 1.34. The van der Waals surface area contributed by atoms with Gasteiger partial charge in [-0.2, -0.15) is 5.10 Å². The summed E-state index contributed by atoms with van der Waals surface area (Å²) in [6.45, 7) is 9.92. The number of nitrogens with zero attached hydrogens (tertiary/aromatic N) is 1. The minimum absolute atomic E-state index is 0.683. The molecule has 1 fully saturated rings. The minimum atomic E-state index is 0.683. The highest BCUT2D eigenvalue weighted by Crippen LogP contribution is 2.30. The molecule has 0 aromatic carbocycles. The summed E-state index contributed by atoms with van der Waals surface area (Å²) in [6, 6.07) is 0. The zero-order chi connectivity index (χ0) is 9.14. The van der Waals surface area contributed by atoms with E-state index in [0.29, 0.717) is 11.8 Å². The SMILES string of the molecule is CC(C)CN/N=C1/CC(C)C1C. The maximum Gasteiger partial charge on any atom is 0.0412 e. The van der Waals surface area contributed by atoms with Crippen molar-refractivity contribution in [2.45, 2.75) is 34.1 Å². The molecule has 0 aliphatic heterocycles. The third-order valence-electron chi connectivity index (χ3n) is 2.63. The molecule has 0 radical (unpaired) electrons. The monoisotopic (exact) mass is 168 g/mol. The second-order valence-electron chi connectivity index (χ2n) is 4.33. The van der Waals surface area contributed by atoms with Crippen molar-refractivity contribution in [1.29, 1.82) is 0 Å². The molecule has 0 spiro atoms. The summed E-state index contributed by atoms with van der Waals surface area (Å²) >= 11 is 0. The molecule has 2 nitrogen and oxygen atoms in total. The Morgan fingerprint density at radius 3 is 2.58 bits per heavy atom. The van der Waals surface area contributed by atoms with Gasteiger partial charge >= 0.3 is 0 Å². The summed E-state index contributed by atoms with van der Waals surface area (Å²) in [4.78, 5) is 0. The highest BCUT2D eigenvalue weighted by molar-refractivity contribution is 5.92. The fourth-order valence-corrected chi connectivity index (χ4v) is 1.34. The maximum absolute atomic E-state index is 4.37. The van der Waals surface area contributed by atoms with Crippen LogP contribution in [0.5, 0.6) is 0 Å². The molecule has 1 rings (SSSR count). The largest absolute Gasteiger partial charge is 0.310 e. The molecule has 1 aliphatic carbocycles. The van der Waals surface area contributed by atoms with Crippen LogP contribution >= 0.6 is 0 Å². The first-order chi connectivity index (χ1) is 5.61. The minimum Gasteiger partial charge on any atom is -0.310 e. The van der Waals surface area contributed by atoms with Crippen LogP contribution in [0.25, 0.3) is 0 Å². The summed E-state index contributed by atoms with van der Waals surface area (Å²) < 4.78 is 0. The van der Waals surface area contributed by atoms with E-state index in [1.165, 1.54) is 12.1 Å². The van der Waals surface area contributed by atoms with E-state index in [-0.39, 0.29) is 0 Å². The van der Waals surface area contributed by atoms with E-state index >= 15 is 0 Å². The van der Waals surface area contributed by atoms with Crippen molar-refractivity contribution in [2.75, 3.05) is 6.54 Å². The molecule has 0 amide bonds. The van der Waals surface area contributed by atoms with Crippen LogP contribution in [-0.2, 0) is 0 Å². The first-order valence-corrected chi connectivity index (χ1v) is 4.90. The van der Waals surface area contributed by atoms with E-state index in [2.05, 4.69) is 38.2 Å². The van der Waals surface area contributed by atoms with Gasteiger partial charge in [-0.3, -0.25) is 0 Å². The van der Waals surface area contributed by atoms with Crippen LogP contribution in [0.1, 0.15) is 34.1 Å².